The lowest BCUT2D eigenvalue weighted by atomic mass is 9.97. The molecule has 0 amide bonds. The van der Waals surface area contributed by atoms with E-state index >= 15 is 0 Å². The molecule has 1 heterocycles. The van der Waals surface area contributed by atoms with Crippen molar-refractivity contribution in [3.63, 3.8) is 0 Å². The van der Waals surface area contributed by atoms with E-state index in [1.165, 1.54) is 6.92 Å². The number of nitrogens with zero attached hydrogens (tertiary/aromatic N) is 1. The summed E-state index contributed by atoms with van der Waals surface area (Å²) in [6.07, 6.45) is 2.02. The highest BCUT2D eigenvalue weighted by Gasteiger charge is 2.34. The molecule has 3 heteroatoms. The van der Waals surface area contributed by atoms with E-state index in [-0.39, 0.29) is 12.0 Å². The van der Waals surface area contributed by atoms with E-state index < -0.39 is 5.60 Å². The first-order valence-electron chi connectivity index (χ1n) is 4.64. The maximum absolute atomic E-state index is 10.8. The highest BCUT2D eigenvalue weighted by atomic mass is 16.6. The van der Waals surface area contributed by atoms with E-state index in [4.69, 9.17) is 4.74 Å². The number of esters is 1. The summed E-state index contributed by atoms with van der Waals surface area (Å²) in [5.41, 5.74) is 0.703. The van der Waals surface area contributed by atoms with Gasteiger partial charge < -0.3 is 4.74 Å². The summed E-state index contributed by atoms with van der Waals surface area (Å²) < 4.78 is 5.22. The van der Waals surface area contributed by atoms with Crippen LogP contribution in [0.2, 0.25) is 0 Å². The Labute approximate surface area is 79.2 Å². The first-order valence-corrected chi connectivity index (χ1v) is 4.64. The van der Waals surface area contributed by atoms with Gasteiger partial charge in [-0.2, -0.15) is 0 Å². The number of hydrogen-bond donors (Lipinski definition) is 0. The summed E-state index contributed by atoms with van der Waals surface area (Å²) in [7, 11) is 0. The molecular formula is C10H17NO2. The molecule has 0 aromatic rings. The van der Waals surface area contributed by atoms with Gasteiger partial charge in [-0.1, -0.05) is 0 Å². The molecule has 1 aliphatic rings. The zero-order chi connectivity index (χ0) is 10.1. The van der Waals surface area contributed by atoms with Crippen LogP contribution in [-0.4, -0.2) is 23.3 Å². The molecule has 1 rings (SSSR count). The SMILES string of the molecule is CC(=O)OC(C)(C)C1CCC(C)=N1. The highest BCUT2D eigenvalue weighted by Crippen LogP contribution is 2.26. The minimum absolute atomic E-state index is 0.136. The van der Waals surface area contributed by atoms with Gasteiger partial charge in [0, 0.05) is 12.6 Å². The number of carbonyl (C=O) groups is 1. The summed E-state index contributed by atoms with van der Waals surface area (Å²) in [4.78, 5) is 15.3. The molecule has 0 aromatic heterocycles. The van der Waals surface area contributed by atoms with Gasteiger partial charge in [0.15, 0.2) is 0 Å². The van der Waals surface area contributed by atoms with Crippen LogP contribution in [0.5, 0.6) is 0 Å². The molecule has 3 nitrogen and oxygen atoms in total. The van der Waals surface area contributed by atoms with Crippen molar-refractivity contribution in [2.45, 2.75) is 52.2 Å². The molecule has 0 aliphatic carbocycles. The average molecular weight is 183 g/mol. The fourth-order valence-electron chi connectivity index (χ4n) is 1.68. The van der Waals surface area contributed by atoms with Crippen molar-refractivity contribution in [2.24, 2.45) is 4.99 Å². The van der Waals surface area contributed by atoms with E-state index in [9.17, 15) is 4.79 Å². The van der Waals surface area contributed by atoms with Gasteiger partial charge in [-0.25, -0.2) is 0 Å². The maximum Gasteiger partial charge on any atom is 0.303 e. The van der Waals surface area contributed by atoms with E-state index in [1.807, 2.05) is 20.8 Å². The van der Waals surface area contributed by atoms with Gasteiger partial charge in [0.05, 0.1) is 6.04 Å². The molecule has 0 radical (unpaired) electrons. The first kappa shape index (κ1) is 10.2. The third-order valence-electron chi connectivity index (χ3n) is 2.37. The third-order valence-corrected chi connectivity index (χ3v) is 2.37. The van der Waals surface area contributed by atoms with Crippen LogP contribution in [-0.2, 0) is 9.53 Å². The Morgan fingerprint density at radius 3 is 2.62 bits per heavy atom. The van der Waals surface area contributed by atoms with Gasteiger partial charge in [-0.15, -0.1) is 0 Å². The van der Waals surface area contributed by atoms with Crippen LogP contribution in [0.4, 0.5) is 0 Å². The predicted octanol–water partition coefficient (Wildman–Crippen LogP) is 1.95. The average Bonchev–Trinajstić information content (AvgIpc) is 2.32. The number of aliphatic imine (C=N–C) groups is 1. The lowest BCUT2D eigenvalue weighted by Crippen LogP contribution is -2.38. The fourth-order valence-corrected chi connectivity index (χ4v) is 1.68. The Morgan fingerprint density at radius 1 is 1.62 bits per heavy atom. The lowest BCUT2D eigenvalue weighted by Gasteiger charge is -2.28. The van der Waals surface area contributed by atoms with E-state index in [2.05, 4.69) is 4.99 Å². The number of carbonyl (C=O) groups excluding carboxylic acids is 1. The van der Waals surface area contributed by atoms with Crippen LogP contribution in [0.3, 0.4) is 0 Å². The second kappa shape index (κ2) is 3.48. The molecule has 1 atom stereocenters. The molecule has 0 aromatic carbocycles. The van der Waals surface area contributed by atoms with E-state index in [1.54, 1.807) is 0 Å². The van der Waals surface area contributed by atoms with Crippen LogP contribution in [0.15, 0.2) is 4.99 Å². The maximum atomic E-state index is 10.8. The third kappa shape index (κ3) is 2.54. The molecule has 0 bridgehead atoms. The number of hydrogen-bond acceptors (Lipinski definition) is 3. The molecule has 0 fully saturated rings. The fraction of sp³-hybridized carbons (Fsp3) is 0.800. The zero-order valence-corrected chi connectivity index (χ0v) is 8.76. The van der Waals surface area contributed by atoms with E-state index in [0.717, 1.165) is 18.6 Å². The second-order valence-electron chi connectivity index (χ2n) is 4.12. The van der Waals surface area contributed by atoms with Gasteiger partial charge >= 0.3 is 5.97 Å². The van der Waals surface area contributed by atoms with Gasteiger partial charge in [0.25, 0.3) is 0 Å². The lowest BCUT2D eigenvalue weighted by molar-refractivity contribution is -0.155. The van der Waals surface area contributed by atoms with Crippen molar-refractivity contribution < 1.29 is 9.53 Å². The van der Waals surface area contributed by atoms with Gasteiger partial charge in [0.1, 0.15) is 5.60 Å². The first-order chi connectivity index (χ1) is 5.92. The molecule has 1 aliphatic heterocycles. The minimum atomic E-state index is -0.455. The standard InChI is InChI=1S/C10H17NO2/c1-7-5-6-9(11-7)10(3,4)13-8(2)12/h9H,5-6H2,1-4H3. The molecule has 0 saturated heterocycles. The quantitative estimate of drug-likeness (QED) is 0.614. The van der Waals surface area contributed by atoms with Crippen molar-refractivity contribution in [2.75, 3.05) is 0 Å². The highest BCUT2D eigenvalue weighted by molar-refractivity contribution is 5.83. The van der Waals surface area contributed by atoms with Gasteiger partial charge in [0.2, 0.25) is 0 Å². The van der Waals surface area contributed by atoms with Crippen molar-refractivity contribution in [1.29, 1.82) is 0 Å². The van der Waals surface area contributed by atoms with Crippen LogP contribution >= 0.6 is 0 Å². The Hall–Kier alpha value is -0.860. The topological polar surface area (TPSA) is 38.7 Å². The summed E-state index contributed by atoms with van der Waals surface area (Å²) >= 11 is 0. The largest absolute Gasteiger partial charge is 0.458 e. The summed E-state index contributed by atoms with van der Waals surface area (Å²) in [6, 6.07) is 0.136. The molecule has 1 unspecified atom stereocenters. The Kier molecular flexibility index (Phi) is 2.74. The second-order valence-corrected chi connectivity index (χ2v) is 4.12. The number of rotatable bonds is 2. The van der Waals surface area contributed by atoms with Crippen molar-refractivity contribution in [3.8, 4) is 0 Å². The Morgan fingerprint density at radius 2 is 2.23 bits per heavy atom. The summed E-state index contributed by atoms with van der Waals surface area (Å²) in [5, 5.41) is 0. The minimum Gasteiger partial charge on any atom is -0.458 e. The zero-order valence-electron chi connectivity index (χ0n) is 8.76. The Balaban J connectivity index is 2.64. The summed E-state index contributed by atoms with van der Waals surface area (Å²) in [5.74, 6) is -0.232. The summed E-state index contributed by atoms with van der Waals surface area (Å²) in [6.45, 7) is 7.29. The van der Waals surface area contributed by atoms with Crippen molar-refractivity contribution in [1.82, 2.24) is 0 Å². The van der Waals surface area contributed by atoms with Crippen LogP contribution < -0.4 is 0 Å². The molecule has 0 N–H and O–H groups in total. The van der Waals surface area contributed by atoms with Crippen molar-refractivity contribution >= 4 is 11.7 Å². The monoisotopic (exact) mass is 183 g/mol. The molecular weight excluding hydrogens is 166 g/mol. The van der Waals surface area contributed by atoms with Gasteiger partial charge in [-0.05, 0) is 33.6 Å². The van der Waals surface area contributed by atoms with Crippen molar-refractivity contribution in [3.05, 3.63) is 0 Å². The number of ether oxygens (including phenoxy) is 1. The van der Waals surface area contributed by atoms with Crippen LogP contribution in [0.25, 0.3) is 0 Å². The van der Waals surface area contributed by atoms with Crippen LogP contribution in [0, 0.1) is 0 Å². The molecule has 0 saturated carbocycles. The Bertz CT molecular complexity index is 243. The van der Waals surface area contributed by atoms with Gasteiger partial charge in [-0.3, -0.25) is 9.79 Å². The molecule has 0 spiro atoms. The smallest absolute Gasteiger partial charge is 0.303 e. The predicted molar refractivity (Wildman–Crippen MR) is 52.0 cm³/mol. The van der Waals surface area contributed by atoms with Crippen LogP contribution in [0.1, 0.15) is 40.5 Å². The molecule has 13 heavy (non-hydrogen) atoms. The molecule has 74 valence electrons. The van der Waals surface area contributed by atoms with E-state index in [0.29, 0.717) is 0 Å². The normalized spacial score (nSPS) is 22.8.